The lowest BCUT2D eigenvalue weighted by Crippen LogP contribution is -2.45. The topological polar surface area (TPSA) is 105 Å². The van der Waals surface area contributed by atoms with Gasteiger partial charge in [0.1, 0.15) is 13.2 Å². The van der Waals surface area contributed by atoms with Crippen LogP contribution in [0.1, 0.15) is 348 Å². The van der Waals surface area contributed by atoms with Crippen molar-refractivity contribution in [2.24, 2.45) is 0 Å². The fourth-order valence-corrected chi connectivity index (χ4v) is 11.6. The van der Waals surface area contributed by atoms with Crippen LogP contribution in [0.2, 0.25) is 0 Å². The molecule has 0 aromatic heterocycles. The monoisotopic (exact) mass is 1220 g/mol. The summed E-state index contributed by atoms with van der Waals surface area (Å²) in [6.07, 6.45) is 96.2. The van der Waals surface area contributed by atoms with Crippen LogP contribution in [0.15, 0.2) is 85.1 Å². The smallest absolute Gasteiger partial charge is 0.387 e. The van der Waals surface area contributed by atoms with E-state index in [0.29, 0.717) is 17.4 Å². The van der Waals surface area contributed by atoms with Gasteiger partial charge in [0.25, 0.3) is 0 Å². The molecule has 3 unspecified atom stereocenters. The predicted molar refractivity (Wildman–Crippen MR) is 378 cm³/mol. The highest BCUT2D eigenvalue weighted by Crippen LogP contribution is 2.43. The van der Waals surface area contributed by atoms with Gasteiger partial charge in [-0.3, -0.25) is 13.8 Å². The number of carbonyl (C=O) groups is 1. The van der Waals surface area contributed by atoms with Gasteiger partial charge in [-0.25, -0.2) is 4.57 Å². The summed E-state index contributed by atoms with van der Waals surface area (Å²) in [4.78, 5) is 23.4. The quantitative estimate of drug-likeness (QED) is 0.0243. The highest BCUT2D eigenvalue weighted by Gasteiger charge is 2.28. The van der Waals surface area contributed by atoms with E-state index in [1.807, 2.05) is 27.2 Å². The molecular formula is C77H144N2O6P+. The number of quaternary nitrogens is 1. The number of unbranched alkanes of at least 4 members (excludes halogenated alkanes) is 43. The number of rotatable bonds is 68. The largest absolute Gasteiger partial charge is 0.472 e. The lowest BCUT2D eigenvalue weighted by Gasteiger charge is -2.25. The molecule has 0 aromatic rings. The number of phosphoric ester groups is 1. The molecule has 0 rings (SSSR count). The first-order valence-corrected chi connectivity index (χ1v) is 38.5. The number of aliphatic hydroxyl groups is 1. The van der Waals surface area contributed by atoms with E-state index >= 15 is 0 Å². The third-order valence-corrected chi connectivity index (χ3v) is 17.6. The average molecular weight is 1220 g/mol. The first-order valence-electron chi connectivity index (χ1n) is 37.0. The average Bonchev–Trinajstić information content (AvgIpc) is 3.70. The van der Waals surface area contributed by atoms with Crippen LogP contribution < -0.4 is 5.32 Å². The molecule has 3 atom stereocenters. The maximum atomic E-state index is 13.1. The van der Waals surface area contributed by atoms with E-state index in [2.05, 4.69) is 92.1 Å². The van der Waals surface area contributed by atoms with Gasteiger partial charge in [0.2, 0.25) is 5.91 Å². The third kappa shape index (κ3) is 69.2. The second kappa shape index (κ2) is 67.1. The summed E-state index contributed by atoms with van der Waals surface area (Å²) < 4.78 is 23.8. The van der Waals surface area contributed by atoms with Crippen molar-refractivity contribution in [3.8, 4) is 0 Å². The summed E-state index contributed by atoms with van der Waals surface area (Å²) in [5.74, 6) is -0.187. The summed E-state index contributed by atoms with van der Waals surface area (Å²) in [5.41, 5.74) is 0. The van der Waals surface area contributed by atoms with Gasteiger partial charge < -0.3 is 19.8 Å². The van der Waals surface area contributed by atoms with Crippen molar-refractivity contribution in [3.05, 3.63) is 85.1 Å². The molecule has 0 aromatic carbocycles. The van der Waals surface area contributed by atoms with Crippen molar-refractivity contribution < 1.29 is 32.9 Å². The van der Waals surface area contributed by atoms with Crippen LogP contribution in [-0.2, 0) is 18.4 Å². The van der Waals surface area contributed by atoms with Crippen LogP contribution in [0.5, 0.6) is 0 Å². The summed E-state index contributed by atoms with van der Waals surface area (Å²) in [7, 11) is 1.55. The Labute approximate surface area is 535 Å². The van der Waals surface area contributed by atoms with Gasteiger partial charge in [-0.15, -0.1) is 0 Å². The molecule has 0 aliphatic heterocycles. The molecule has 0 aliphatic rings. The summed E-state index contributed by atoms with van der Waals surface area (Å²) >= 11 is 0. The molecule has 0 fully saturated rings. The number of aliphatic hydroxyl groups excluding tert-OH is 1. The van der Waals surface area contributed by atoms with Gasteiger partial charge in [0.15, 0.2) is 0 Å². The standard InChI is InChI=1S/C77H143N2O6P/c1-6-8-10-12-14-16-18-20-22-24-26-28-30-32-34-36-38-39-41-43-45-47-49-51-53-55-57-59-61-63-65-67-69-71-77(81)78-75(74-85-86(82,83)84-73-72-79(3,4)5)76(80)70-68-66-64-62-60-58-56-54-52-50-48-46-44-42-40-37-35-33-31-29-27-25-23-21-19-17-15-13-11-9-7-2/h8,10,14,16,20,22,26,28,52,54,60,62,68,70,75-76,80H,6-7,9,11-13,15,17-19,21,23-25,27,29-51,53,55-59,61,63-67,69,71-74H2,1-5H3,(H-,78,81,82,83)/p+1/b10-8-,16-14-,22-20-,28-26-,54-52+,62-60+,70-68+. The highest BCUT2D eigenvalue weighted by atomic mass is 31.2. The summed E-state index contributed by atoms with van der Waals surface area (Å²) in [5, 5.41) is 14.0. The minimum atomic E-state index is -4.37. The van der Waals surface area contributed by atoms with E-state index in [1.54, 1.807) is 6.08 Å². The lowest BCUT2D eigenvalue weighted by molar-refractivity contribution is -0.870. The third-order valence-electron chi connectivity index (χ3n) is 16.6. The molecule has 0 aliphatic carbocycles. The van der Waals surface area contributed by atoms with Gasteiger partial charge >= 0.3 is 7.82 Å². The Bertz CT molecular complexity index is 1680. The number of phosphoric acid groups is 1. The minimum absolute atomic E-state index is 0.0524. The molecule has 1 amide bonds. The molecular weight excluding hydrogens is 1080 g/mol. The number of nitrogens with zero attached hydrogens (tertiary/aromatic N) is 1. The molecule has 0 spiro atoms. The second-order valence-corrected chi connectivity index (χ2v) is 27.7. The van der Waals surface area contributed by atoms with E-state index in [-0.39, 0.29) is 19.1 Å². The van der Waals surface area contributed by atoms with Gasteiger partial charge in [-0.05, 0) is 83.5 Å². The Morgan fingerprint density at radius 2 is 0.709 bits per heavy atom. The molecule has 0 saturated heterocycles. The highest BCUT2D eigenvalue weighted by molar-refractivity contribution is 7.47. The van der Waals surface area contributed by atoms with Crippen molar-refractivity contribution >= 4 is 13.7 Å². The Morgan fingerprint density at radius 3 is 1.07 bits per heavy atom. The van der Waals surface area contributed by atoms with Gasteiger partial charge in [-0.1, -0.05) is 343 Å². The number of hydrogen-bond donors (Lipinski definition) is 3. The second-order valence-electron chi connectivity index (χ2n) is 26.3. The molecule has 502 valence electrons. The Hall–Kier alpha value is -2.32. The molecule has 0 radical (unpaired) electrons. The zero-order valence-corrected chi connectivity index (χ0v) is 58.4. The van der Waals surface area contributed by atoms with Gasteiger partial charge in [-0.2, -0.15) is 0 Å². The van der Waals surface area contributed by atoms with Crippen molar-refractivity contribution in [1.29, 1.82) is 0 Å². The maximum absolute atomic E-state index is 13.1. The first-order chi connectivity index (χ1) is 42.0. The predicted octanol–water partition coefficient (Wildman–Crippen LogP) is 23.9. The Kier molecular flexibility index (Phi) is 65.3. The van der Waals surface area contributed by atoms with Crippen LogP contribution in [0.3, 0.4) is 0 Å². The molecule has 0 heterocycles. The SMILES string of the molecule is CC/C=C\C/C=C\C/C=C\C/C=C\CCCCCCCCCCCCCCCCCCCCCCC(=O)NC(COP(=O)(O)OCC[N+](C)(C)C)C(O)/C=C/CC/C=C/CC/C=C/CCCCCCCCCCCCCCCCCCCCCCC. The normalized spacial score (nSPS) is 14.1. The number of amides is 1. The van der Waals surface area contributed by atoms with Crippen molar-refractivity contribution in [1.82, 2.24) is 5.32 Å². The van der Waals surface area contributed by atoms with Crippen molar-refractivity contribution in [3.63, 3.8) is 0 Å². The van der Waals surface area contributed by atoms with E-state index in [1.165, 1.54) is 257 Å². The van der Waals surface area contributed by atoms with E-state index in [9.17, 15) is 19.4 Å². The van der Waals surface area contributed by atoms with Gasteiger partial charge in [0, 0.05) is 6.42 Å². The zero-order chi connectivity index (χ0) is 62.6. The lowest BCUT2D eigenvalue weighted by atomic mass is 10.0. The number of allylic oxidation sites excluding steroid dienone is 13. The molecule has 86 heavy (non-hydrogen) atoms. The number of likely N-dealkylation sites (N-methyl/N-ethyl adjacent to an activating group) is 1. The van der Waals surface area contributed by atoms with E-state index in [0.717, 1.165) is 70.6 Å². The van der Waals surface area contributed by atoms with Crippen molar-refractivity contribution in [2.75, 3.05) is 40.9 Å². The fourth-order valence-electron chi connectivity index (χ4n) is 10.9. The maximum Gasteiger partial charge on any atom is 0.472 e. The molecule has 0 bridgehead atoms. The van der Waals surface area contributed by atoms with Gasteiger partial charge in [0.05, 0.1) is 39.9 Å². The van der Waals surface area contributed by atoms with E-state index in [4.69, 9.17) is 9.05 Å². The zero-order valence-electron chi connectivity index (χ0n) is 57.6. The summed E-state index contributed by atoms with van der Waals surface area (Å²) in [6.45, 7) is 4.72. The van der Waals surface area contributed by atoms with Crippen LogP contribution >= 0.6 is 7.82 Å². The summed E-state index contributed by atoms with van der Waals surface area (Å²) in [6, 6.07) is -0.874. The van der Waals surface area contributed by atoms with Crippen LogP contribution in [-0.4, -0.2) is 73.4 Å². The number of nitrogens with one attached hydrogen (secondary N) is 1. The number of hydrogen-bond acceptors (Lipinski definition) is 5. The molecule has 9 heteroatoms. The molecule has 8 nitrogen and oxygen atoms in total. The van der Waals surface area contributed by atoms with Crippen LogP contribution in [0, 0.1) is 0 Å². The first kappa shape index (κ1) is 83.7. The van der Waals surface area contributed by atoms with E-state index < -0.39 is 20.0 Å². The number of carbonyl (C=O) groups excluding carboxylic acids is 1. The Morgan fingerprint density at radius 1 is 0.407 bits per heavy atom. The van der Waals surface area contributed by atoms with Crippen LogP contribution in [0.4, 0.5) is 0 Å². The Balaban J connectivity index is 4.08. The van der Waals surface area contributed by atoms with Crippen LogP contribution in [0.25, 0.3) is 0 Å². The molecule has 0 saturated carbocycles. The fraction of sp³-hybridized carbons (Fsp3) is 0.805. The van der Waals surface area contributed by atoms with Crippen molar-refractivity contribution in [2.45, 2.75) is 360 Å². The minimum Gasteiger partial charge on any atom is -0.387 e. The molecule has 3 N–H and O–H groups in total.